The Labute approximate surface area is 169 Å². The largest absolute Gasteiger partial charge is 0.497 e. The summed E-state index contributed by atoms with van der Waals surface area (Å²) in [6.45, 7) is 0. The van der Waals surface area contributed by atoms with E-state index in [1.807, 2.05) is 66.7 Å². The van der Waals surface area contributed by atoms with Gasteiger partial charge in [-0.05, 0) is 47.2 Å². The summed E-state index contributed by atoms with van der Waals surface area (Å²) < 4.78 is 5.31. The van der Waals surface area contributed by atoms with Crippen LogP contribution in [0.5, 0.6) is 5.75 Å². The van der Waals surface area contributed by atoms with Gasteiger partial charge in [0.2, 0.25) is 0 Å². The Balaban J connectivity index is 1.72. The third-order valence-electron chi connectivity index (χ3n) is 5.04. The van der Waals surface area contributed by atoms with Crippen LogP contribution in [0.1, 0.15) is 16.7 Å². The molecule has 140 valence electrons. The molecular weight excluding hydrogens is 358 g/mol. The van der Waals surface area contributed by atoms with E-state index < -0.39 is 0 Å². The summed E-state index contributed by atoms with van der Waals surface area (Å²) in [5.41, 5.74) is 7.91. The molecule has 1 N–H and O–H groups in total. The highest BCUT2D eigenvalue weighted by Gasteiger charge is 2.18. The highest BCUT2D eigenvalue weighted by molar-refractivity contribution is 6.19. The summed E-state index contributed by atoms with van der Waals surface area (Å²) >= 11 is 0. The summed E-state index contributed by atoms with van der Waals surface area (Å²) in [5.74, 6) is 1.54. The lowest BCUT2D eigenvalue weighted by Gasteiger charge is -2.10. The number of hydrogen-bond acceptors (Lipinski definition) is 4. The van der Waals surface area contributed by atoms with Crippen LogP contribution in [0.4, 0.5) is 5.69 Å². The molecule has 0 saturated heterocycles. The van der Waals surface area contributed by atoms with E-state index >= 15 is 0 Å². The third kappa shape index (κ3) is 3.25. The number of rotatable bonds is 3. The average molecular weight is 377 g/mol. The normalized spacial score (nSPS) is 13.0. The van der Waals surface area contributed by atoms with Crippen molar-refractivity contribution in [3.8, 4) is 5.75 Å². The average Bonchev–Trinajstić information content (AvgIpc) is 2.97. The highest BCUT2D eigenvalue weighted by atomic mass is 16.5. The molecule has 0 bridgehead atoms. The van der Waals surface area contributed by atoms with Gasteiger partial charge in [-0.1, -0.05) is 54.6 Å². The number of nitrogens with one attached hydrogen (secondary N) is 1. The Hall–Kier alpha value is -3.92. The van der Waals surface area contributed by atoms with E-state index in [2.05, 4.69) is 29.7 Å². The van der Waals surface area contributed by atoms with E-state index in [-0.39, 0.29) is 0 Å². The van der Waals surface area contributed by atoms with E-state index in [1.165, 1.54) is 0 Å². The second-order valence-corrected chi connectivity index (χ2v) is 6.84. The molecule has 0 spiro atoms. The number of hydrogen-bond donors (Lipinski definition) is 1. The molecular formula is C25H19N3O. The van der Waals surface area contributed by atoms with Crippen LogP contribution in [0.15, 0.2) is 101 Å². The number of aliphatic imine (C=N–C) groups is 1. The van der Waals surface area contributed by atoms with Gasteiger partial charge in [0.05, 0.1) is 12.8 Å². The summed E-state index contributed by atoms with van der Waals surface area (Å²) in [4.78, 5) is 4.94. The molecule has 0 aliphatic carbocycles. The fraction of sp³-hybridized carbons (Fsp3) is 0.0400. The highest BCUT2D eigenvalue weighted by Crippen LogP contribution is 2.31. The molecule has 0 unspecified atom stereocenters. The molecule has 29 heavy (non-hydrogen) atoms. The smallest absolute Gasteiger partial charge is 0.154 e. The van der Waals surface area contributed by atoms with Crippen LogP contribution >= 0.6 is 0 Å². The van der Waals surface area contributed by atoms with Crippen molar-refractivity contribution >= 4 is 28.0 Å². The molecule has 1 aliphatic rings. The van der Waals surface area contributed by atoms with Crippen LogP contribution in [0.2, 0.25) is 0 Å². The van der Waals surface area contributed by atoms with Gasteiger partial charge in [-0.15, -0.1) is 0 Å². The van der Waals surface area contributed by atoms with Gasteiger partial charge in [0.15, 0.2) is 5.84 Å². The van der Waals surface area contributed by atoms with E-state index in [0.717, 1.165) is 50.4 Å². The fourth-order valence-electron chi connectivity index (χ4n) is 3.52. The van der Waals surface area contributed by atoms with Crippen molar-refractivity contribution in [1.29, 1.82) is 0 Å². The molecule has 1 aliphatic heterocycles. The minimum absolute atomic E-state index is 0.727. The maximum Gasteiger partial charge on any atom is 0.154 e. The van der Waals surface area contributed by atoms with Crippen LogP contribution in [0.3, 0.4) is 0 Å². The Kier molecular flexibility index (Phi) is 4.30. The number of ether oxygens (including phenoxy) is 1. The van der Waals surface area contributed by atoms with Gasteiger partial charge in [0, 0.05) is 16.7 Å². The van der Waals surface area contributed by atoms with Gasteiger partial charge in [-0.25, -0.2) is 4.99 Å². The Bertz CT molecular complexity index is 1240. The van der Waals surface area contributed by atoms with Gasteiger partial charge in [0.25, 0.3) is 0 Å². The fourth-order valence-corrected chi connectivity index (χ4v) is 3.52. The van der Waals surface area contributed by atoms with Crippen molar-refractivity contribution < 1.29 is 4.74 Å². The maximum absolute atomic E-state index is 5.31. The SMILES string of the molecule is COc1ccc(C2=NNC(c3ccccc3)=Nc3cc4ccccc4cc32)cc1. The van der Waals surface area contributed by atoms with E-state index in [9.17, 15) is 0 Å². The van der Waals surface area contributed by atoms with Gasteiger partial charge in [-0.2, -0.15) is 5.10 Å². The van der Waals surface area contributed by atoms with Crippen LogP contribution in [0, 0.1) is 0 Å². The second-order valence-electron chi connectivity index (χ2n) is 6.84. The lowest BCUT2D eigenvalue weighted by Crippen LogP contribution is -2.19. The summed E-state index contributed by atoms with van der Waals surface area (Å²) in [5, 5.41) is 7.06. The molecule has 0 atom stereocenters. The predicted molar refractivity (Wildman–Crippen MR) is 118 cm³/mol. The lowest BCUT2D eigenvalue weighted by molar-refractivity contribution is 0.415. The number of benzene rings is 4. The summed E-state index contributed by atoms with van der Waals surface area (Å²) in [6.07, 6.45) is 0. The molecule has 0 saturated carbocycles. The van der Waals surface area contributed by atoms with E-state index in [0.29, 0.717) is 0 Å². The molecule has 0 fully saturated rings. The van der Waals surface area contributed by atoms with Crippen LogP contribution < -0.4 is 10.2 Å². The molecule has 4 aromatic carbocycles. The molecule has 0 aromatic heterocycles. The topological polar surface area (TPSA) is 46.0 Å². The monoisotopic (exact) mass is 377 g/mol. The Morgan fingerprint density at radius 1 is 0.724 bits per heavy atom. The zero-order valence-electron chi connectivity index (χ0n) is 16.0. The van der Waals surface area contributed by atoms with Crippen molar-refractivity contribution in [2.24, 2.45) is 10.1 Å². The van der Waals surface area contributed by atoms with Gasteiger partial charge in [0.1, 0.15) is 11.5 Å². The number of methoxy groups -OCH3 is 1. The zero-order valence-corrected chi connectivity index (χ0v) is 16.0. The molecule has 5 rings (SSSR count). The van der Waals surface area contributed by atoms with Crippen molar-refractivity contribution in [3.05, 3.63) is 108 Å². The van der Waals surface area contributed by atoms with Crippen molar-refractivity contribution in [3.63, 3.8) is 0 Å². The van der Waals surface area contributed by atoms with Gasteiger partial charge < -0.3 is 4.74 Å². The molecule has 1 heterocycles. The second kappa shape index (κ2) is 7.24. The standard InChI is InChI=1S/C25H19N3O/c1-29-21-13-11-17(12-14-21)24-22-15-19-9-5-6-10-20(19)16-23(22)26-25(28-27-24)18-7-3-2-4-8-18/h2-16H,1H3,(H,26,28). The minimum Gasteiger partial charge on any atom is -0.497 e. The number of nitrogens with zero attached hydrogens (tertiary/aromatic N) is 2. The quantitative estimate of drug-likeness (QED) is 0.528. The van der Waals surface area contributed by atoms with Crippen LogP contribution in [0.25, 0.3) is 10.8 Å². The first kappa shape index (κ1) is 17.2. The Morgan fingerprint density at radius 3 is 2.14 bits per heavy atom. The minimum atomic E-state index is 0.727. The number of fused-ring (bicyclic) bond motifs is 2. The maximum atomic E-state index is 5.31. The van der Waals surface area contributed by atoms with Crippen LogP contribution in [-0.2, 0) is 0 Å². The van der Waals surface area contributed by atoms with Gasteiger partial charge >= 0.3 is 0 Å². The van der Waals surface area contributed by atoms with Crippen molar-refractivity contribution in [2.45, 2.75) is 0 Å². The molecule has 4 heteroatoms. The first-order valence-electron chi connectivity index (χ1n) is 9.47. The van der Waals surface area contributed by atoms with E-state index in [4.69, 9.17) is 14.8 Å². The first-order valence-corrected chi connectivity index (χ1v) is 9.47. The molecule has 4 nitrogen and oxygen atoms in total. The molecule has 0 radical (unpaired) electrons. The zero-order chi connectivity index (χ0) is 19.6. The first-order chi connectivity index (χ1) is 14.3. The van der Waals surface area contributed by atoms with Crippen molar-refractivity contribution in [2.75, 3.05) is 7.11 Å². The Morgan fingerprint density at radius 2 is 1.41 bits per heavy atom. The molecule has 4 aromatic rings. The van der Waals surface area contributed by atoms with E-state index in [1.54, 1.807) is 7.11 Å². The van der Waals surface area contributed by atoms with Crippen molar-refractivity contribution in [1.82, 2.24) is 5.43 Å². The van der Waals surface area contributed by atoms with Gasteiger partial charge in [-0.3, -0.25) is 5.43 Å². The number of amidine groups is 1. The summed E-state index contributed by atoms with van der Waals surface area (Å²) in [6, 6.07) is 30.6. The molecule has 0 amide bonds. The number of hydrazone groups is 1. The van der Waals surface area contributed by atoms with Crippen LogP contribution in [-0.4, -0.2) is 18.7 Å². The lowest BCUT2D eigenvalue weighted by atomic mass is 9.97. The summed E-state index contributed by atoms with van der Waals surface area (Å²) in [7, 11) is 1.67. The predicted octanol–water partition coefficient (Wildman–Crippen LogP) is 5.28. The third-order valence-corrected chi connectivity index (χ3v) is 5.04.